The van der Waals surface area contributed by atoms with Gasteiger partial charge in [0.15, 0.2) is 5.82 Å². The normalized spacial score (nSPS) is 11.4. The van der Waals surface area contributed by atoms with Crippen molar-refractivity contribution in [1.29, 1.82) is 0 Å². The van der Waals surface area contributed by atoms with E-state index >= 15 is 0 Å². The van der Waals surface area contributed by atoms with Crippen molar-refractivity contribution in [3.8, 4) is 0 Å². The number of nitrogens with zero attached hydrogens (tertiary/aromatic N) is 3. The van der Waals surface area contributed by atoms with Crippen molar-refractivity contribution >= 4 is 39.4 Å². The Bertz CT molecular complexity index is 1150. The smallest absolute Gasteiger partial charge is 0.335 e. The summed E-state index contributed by atoms with van der Waals surface area (Å²) in [5.41, 5.74) is 3.56. The van der Waals surface area contributed by atoms with E-state index in [4.69, 9.17) is 4.98 Å². The van der Waals surface area contributed by atoms with E-state index < -0.39 is 5.97 Å². The molecule has 2 heterocycles. The molecular formula is C21H20N4O2. The fourth-order valence-corrected chi connectivity index (χ4v) is 3.27. The number of carboxylic acids is 1. The van der Waals surface area contributed by atoms with E-state index in [1.54, 1.807) is 18.2 Å². The van der Waals surface area contributed by atoms with Crippen molar-refractivity contribution in [3.05, 3.63) is 60.4 Å². The zero-order chi connectivity index (χ0) is 19.0. The Morgan fingerprint density at radius 2 is 2.00 bits per heavy atom. The number of rotatable bonds is 5. The summed E-state index contributed by atoms with van der Waals surface area (Å²) in [6, 6.07) is 14.7. The molecule has 27 heavy (non-hydrogen) atoms. The fourth-order valence-electron chi connectivity index (χ4n) is 3.27. The molecule has 6 heteroatoms. The van der Waals surface area contributed by atoms with Gasteiger partial charge in [0.05, 0.1) is 22.9 Å². The topological polar surface area (TPSA) is 80.0 Å². The van der Waals surface area contributed by atoms with E-state index in [-0.39, 0.29) is 5.56 Å². The third kappa shape index (κ3) is 3.21. The van der Waals surface area contributed by atoms with Crippen LogP contribution in [0, 0.1) is 5.92 Å². The van der Waals surface area contributed by atoms with Crippen LogP contribution in [0.5, 0.6) is 0 Å². The highest BCUT2D eigenvalue weighted by Gasteiger charge is 2.15. The van der Waals surface area contributed by atoms with Crippen LogP contribution in [0.15, 0.2) is 54.9 Å². The Balaban J connectivity index is 1.88. The van der Waals surface area contributed by atoms with Gasteiger partial charge in [0.1, 0.15) is 5.52 Å². The van der Waals surface area contributed by atoms with Gasteiger partial charge in [-0.2, -0.15) is 0 Å². The molecule has 0 spiro atoms. The molecule has 0 unspecified atom stereocenters. The minimum absolute atomic E-state index is 0.224. The van der Waals surface area contributed by atoms with Crippen molar-refractivity contribution < 1.29 is 9.90 Å². The number of anilines is 2. The summed E-state index contributed by atoms with van der Waals surface area (Å²) in [5, 5.41) is 13.5. The molecular weight excluding hydrogens is 340 g/mol. The number of carboxylic acid groups (broad SMARTS) is 1. The lowest BCUT2D eigenvalue weighted by Crippen LogP contribution is -2.04. The van der Waals surface area contributed by atoms with Crippen LogP contribution in [0.2, 0.25) is 0 Å². The van der Waals surface area contributed by atoms with Gasteiger partial charge in [-0.3, -0.25) is 0 Å². The Labute approximate surface area is 156 Å². The van der Waals surface area contributed by atoms with Gasteiger partial charge in [-0.25, -0.2) is 14.8 Å². The number of fused-ring (bicyclic) bond motifs is 3. The largest absolute Gasteiger partial charge is 0.478 e. The van der Waals surface area contributed by atoms with Crippen molar-refractivity contribution in [2.24, 2.45) is 5.92 Å². The standard InChI is InChI=1S/C21H20N4O2/c1-13(2)11-25-12-22-18-19(25)16-8-3-4-9-17(16)24-20(18)23-15-7-5-6-14(10-15)21(26)27/h3-10,12-13H,11H2,1-2H3,(H,23,24)(H,26,27). The monoisotopic (exact) mass is 360 g/mol. The number of aromatic carboxylic acids is 1. The van der Waals surface area contributed by atoms with Crippen LogP contribution in [0.3, 0.4) is 0 Å². The third-order valence-electron chi connectivity index (χ3n) is 4.39. The maximum atomic E-state index is 11.2. The van der Waals surface area contributed by atoms with E-state index in [1.165, 1.54) is 0 Å². The van der Waals surface area contributed by atoms with Crippen LogP contribution in [0.4, 0.5) is 11.5 Å². The Morgan fingerprint density at radius 1 is 1.19 bits per heavy atom. The third-order valence-corrected chi connectivity index (χ3v) is 4.39. The summed E-state index contributed by atoms with van der Waals surface area (Å²) < 4.78 is 2.16. The molecule has 0 amide bonds. The van der Waals surface area contributed by atoms with Crippen LogP contribution >= 0.6 is 0 Å². The summed E-state index contributed by atoms with van der Waals surface area (Å²) in [5.74, 6) is 0.142. The number of hydrogen-bond donors (Lipinski definition) is 2. The number of nitrogens with one attached hydrogen (secondary N) is 1. The number of benzene rings is 2. The lowest BCUT2D eigenvalue weighted by molar-refractivity contribution is 0.0697. The number of para-hydroxylation sites is 1. The van der Waals surface area contributed by atoms with E-state index in [9.17, 15) is 9.90 Å². The molecule has 6 nitrogen and oxygen atoms in total. The number of imidazole rings is 1. The van der Waals surface area contributed by atoms with Crippen molar-refractivity contribution in [2.45, 2.75) is 20.4 Å². The highest BCUT2D eigenvalue weighted by molar-refractivity contribution is 6.07. The zero-order valence-electron chi connectivity index (χ0n) is 15.2. The first-order valence-electron chi connectivity index (χ1n) is 8.87. The number of pyridine rings is 1. The van der Waals surface area contributed by atoms with E-state index in [2.05, 4.69) is 34.8 Å². The molecule has 0 fully saturated rings. The summed E-state index contributed by atoms with van der Waals surface area (Å²) in [4.78, 5) is 20.6. The highest BCUT2D eigenvalue weighted by atomic mass is 16.4. The molecule has 0 saturated carbocycles. The van der Waals surface area contributed by atoms with Crippen molar-refractivity contribution in [1.82, 2.24) is 14.5 Å². The van der Waals surface area contributed by atoms with Gasteiger partial charge in [-0.05, 0) is 30.2 Å². The summed E-state index contributed by atoms with van der Waals surface area (Å²) in [6.45, 7) is 5.20. The van der Waals surface area contributed by atoms with Gasteiger partial charge in [0.25, 0.3) is 0 Å². The lowest BCUT2D eigenvalue weighted by Gasteiger charge is -2.12. The molecule has 2 aromatic carbocycles. The highest BCUT2D eigenvalue weighted by Crippen LogP contribution is 2.30. The first-order chi connectivity index (χ1) is 13.0. The fraction of sp³-hybridized carbons (Fsp3) is 0.190. The second-order valence-corrected chi connectivity index (χ2v) is 6.98. The molecule has 0 bridgehead atoms. The first kappa shape index (κ1) is 17.0. The predicted molar refractivity (Wildman–Crippen MR) is 107 cm³/mol. The second kappa shape index (κ2) is 6.72. The minimum Gasteiger partial charge on any atom is -0.478 e. The number of aromatic nitrogens is 3. The van der Waals surface area contributed by atoms with E-state index in [0.29, 0.717) is 17.4 Å². The van der Waals surface area contributed by atoms with Crippen LogP contribution in [0.1, 0.15) is 24.2 Å². The summed E-state index contributed by atoms with van der Waals surface area (Å²) >= 11 is 0. The molecule has 0 aliphatic carbocycles. The molecule has 2 aromatic heterocycles. The van der Waals surface area contributed by atoms with Crippen molar-refractivity contribution in [2.75, 3.05) is 5.32 Å². The quantitative estimate of drug-likeness (QED) is 0.540. The minimum atomic E-state index is -0.962. The van der Waals surface area contributed by atoms with Crippen LogP contribution in [0.25, 0.3) is 21.9 Å². The molecule has 0 atom stereocenters. The predicted octanol–water partition coefficient (Wildman–Crippen LogP) is 4.68. The first-order valence-corrected chi connectivity index (χ1v) is 8.87. The van der Waals surface area contributed by atoms with Crippen molar-refractivity contribution in [3.63, 3.8) is 0 Å². The Hall–Kier alpha value is -3.41. The van der Waals surface area contributed by atoms with Gasteiger partial charge in [0.2, 0.25) is 0 Å². The van der Waals surface area contributed by atoms with Crippen LogP contribution in [-0.2, 0) is 6.54 Å². The molecule has 136 valence electrons. The number of hydrogen-bond acceptors (Lipinski definition) is 4. The molecule has 4 rings (SSSR count). The molecule has 0 radical (unpaired) electrons. The van der Waals surface area contributed by atoms with Gasteiger partial charge in [0, 0.05) is 17.6 Å². The Morgan fingerprint density at radius 3 is 2.78 bits per heavy atom. The Kier molecular flexibility index (Phi) is 4.24. The zero-order valence-corrected chi connectivity index (χ0v) is 15.2. The van der Waals surface area contributed by atoms with Gasteiger partial charge in [-0.15, -0.1) is 0 Å². The van der Waals surface area contributed by atoms with Gasteiger partial charge in [-0.1, -0.05) is 38.1 Å². The molecule has 0 aliphatic rings. The van der Waals surface area contributed by atoms with Gasteiger partial charge >= 0.3 is 5.97 Å². The average Bonchev–Trinajstić information content (AvgIpc) is 3.06. The van der Waals surface area contributed by atoms with Gasteiger partial charge < -0.3 is 15.0 Å². The number of carbonyl (C=O) groups is 1. The molecule has 2 N–H and O–H groups in total. The summed E-state index contributed by atoms with van der Waals surface area (Å²) in [7, 11) is 0. The lowest BCUT2D eigenvalue weighted by atomic mass is 10.1. The maximum Gasteiger partial charge on any atom is 0.335 e. The molecule has 4 aromatic rings. The second-order valence-electron chi connectivity index (χ2n) is 6.98. The molecule has 0 saturated heterocycles. The SMILES string of the molecule is CC(C)Cn1cnc2c(Nc3cccc(C(=O)O)c3)nc3ccccc3c21. The molecule has 0 aliphatic heterocycles. The van der Waals surface area contributed by atoms with E-state index in [1.807, 2.05) is 30.6 Å². The summed E-state index contributed by atoms with van der Waals surface area (Å²) in [6.07, 6.45) is 1.84. The maximum absolute atomic E-state index is 11.2. The average molecular weight is 360 g/mol. The van der Waals surface area contributed by atoms with Crippen LogP contribution in [-0.4, -0.2) is 25.6 Å². The van der Waals surface area contributed by atoms with Crippen LogP contribution < -0.4 is 5.32 Å². The van der Waals surface area contributed by atoms with E-state index in [0.717, 1.165) is 28.5 Å².